The maximum Gasteiger partial charge on any atom is 0.241 e. The molecule has 1 saturated carbocycles. The molecule has 1 aromatic rings. The zero-order valence-corrected chi connectivity index (χ0v) is 11.9. The molecule has 102 valence electrons. The van der Waals surface area contributed by atoms with E-state index in [4.69, 9.17) is 10.5 Å². The van der Waals surface area contributed by atoms with Gasteiger partial charge >= 0.3 is 0 Å². The highest BCUT2D eigenvalue weighted by Gasteiger charge is 2.33. The normalized spacial score (nSPS) is 23.9. The summed E-state index contributed by atoms with van der Waals surface area (Å²) in [4.78, 5) is 1.18. The molecule has 1 aromatic heterocycles. The van der Waals surface area contributed by atoms with Crippen molar-refractivity contribution in [3.63, 3.8) is 0 Å². The van der Waals surface area contributed by atoms with Gasteiger partial charge in [0.1, 0.15) is 0 Å². The van der Waals surface area contributed by atoms with Crippen LogP contribution in [0.15, 0.2) is 16.3 Å². The number of thiophene rings is 1. The number of ether oxygens (including phenoxy) is 1. The highest BCUT2D eigenvalue weighted by atomic mass is 32.2. The molecular formula is C11H18N2O3S2. The third kappa shape index (κ3) is 3.10. The van der Waals surface area contributed by atoms with Crippen LogP contribution in [0.1, 0.15) is 24.6 Å². The van der Waals surface area contributed by atoms with Gasteiger partial charge < -0.3 is 10.5 Å². The Morgan fingerprint density at radius 1 is 1.56 bits per heavy atom. The molecule has 2 rings (SSSR count). The number of hydrogen-bond acceptors (Lipinski definition) is 5. The zero-order valence-electron chi connectivity index (χ0n) is 10.3. The maximum atomic E-state index is 12.0. The Bertz CT molecular complexity index is 492. The molecule has 5 nitrogen and oxygen atoms in total. The molecule has 0 unspecified atom stereocenters. The van der Waals surface area contributed by atoms with Gasteiger partial charge in [-0.1, -0.05) is 0 Å². The van der Waals surface area contributed by atoms with E-state index in [9.17, 15) is 8.42 Å². The van der Waals surface area contributed by atoms with Gasteiger partial charge in [0.25, 0.3) is 0 Å². The van der Waals surface area contributed by atoms with Gasteiger partial charge in [-0.2, -0.15) is 0 Å². The summed E-state index contributed by atoms with van der Waals surface area (Å²) < 4.78 is 32.2. The highest BCUT2D eigenvalue weighted by Crippen LogP contribution is 2.26. The van der Waals surface area contributed by atoms with Gasteiger partial charge in [-0.05, 0) is 25.8 Å². The fourth-order valence-electron chi connectivity index (χ4n) is 1.93. The van der Waals surface area contributed by atoms with E-state index in [0.29, 0.717) is 18.0 Å². The summed E-state index contributed by atoms with van der Waals surface area (Å²) in [5, 5.41) is 1.63. The van der Waals surface area contributed by atoms with Crippen molar-refractivity contribution in [1.29, 1.82) is 0 Å². The van der Waals surface area contributed by atoms with Crippen molar-refractivity contribution in [3.8, 4) is 0 Å². The minimum absolute atomic E-state index is 0.00669. The Hall–Kier alpha value is -0.470. The third-order valence-corrected chi connectivity index (χ3v) is 5.57. The lowest BCUT2D eigenvalue weighted by Crippen LogP contribution is -2.47. The molecule has 0 radical (unpaired) electrons. The van der Waals surface area contributed by atoms with Crippen LogP contribution in [0.3, 0.4) is 0 Å². The summed E-state index contributed by atoms with van der Waals surface area (Å²) in [5.74, 6) is 0. The predicted molar refractivity (Wildman–Crippen MR) is 71.0 cm³/mol. The van der Waals surface area contributed by atoms with E-state index in [1.54, 1.807) is 11.4 Å². The van der Waals surface area contributed by atoms with E-state index in [1.807, 2.05) is 6.92 Å². The van der Waals surface area contributed by atoms with Crippen LogP contribution in [0.25, 0.3) is 0 Å². The number of nitrogens with two attached hydrogens (primary N) is 1. The van der Waals surface area contributed by atoms with Crippen LogP contribution >= 0.6 is 11.3 Å². The number of rotatable bonds is 6. The fourth-order valence-corrected chi connectivity index (χ4v) is 4.35. The molecule has 18 heavy (non-hydrogen) atoms. The van der Waals surface area contributed by atoms with Crippen molar-refractivity contribution in [2.45, 2.75) is 43.4 Å². The lowest BCUT2D eigenvalue weighted by Gasteiger charge is -2.34. The maximum absolute atomic E-state index is 12.0. The standard InChI is InChI=1S/C11H18N2O3S2/c1-2-16-9-3-8(4-9)13-18(14,15)11-5-10(6-12)17-7-11/h5,7-9,13H,2-4,6,12H2,1H3. The molecule has 0 bridgehead atoms. The molecule has 0 saturated heterocycles. The first-order valence-corrected chi connectivity index (χ1v) is 8.33. The molecule has 1 aliphatic carbocycles. The molecule has 0 atom stereocenters. The highest BCUT2D eigenvalue weighted by molar-refractivity contribution is 7.89. The molecular weight excluding hydrogens is 272 g/mol. The fraction of sp³-hybridized carbons (Fsp3) is 0.636. The number of hydrogen-bond donors (Lipinski definition) is 2. The minimum Gasteiger partial charge on any atom is -0.378 e. The number of sulfonamides is 1. The first kappa shape index (κ1) is 14.0. The Labute approximate surface area is 111 Å². The lowest BCUT2D eigenvalue weighted by atomic mass is 9.90. The van der Waals surface area contributed by atoms with Crippen LogP contribution in [0.5, 0.6) is 0 Å². The van der Waals surface area contributed by atoms with E-state index in [0.717, 1.165) is 17.7 Å². The molecule has 7 heteroatoms. The van der Waals surface area contributed by atoms with E-state index >= 15 is 0 Å². The monoisotopic (exact) mass is 290 g/mol. The summed E-state index contributed by atoms with van der Waals surface area (Å²) >= 11 is 1.37. The van der Waals surface area contributed by atoms with Crippen LogP contribution in [0.4, 0.5) is 0 Å². The quantitative estimate of drug-likeness (QED) is 0.820. The molecule has 3 N–H and O–H groups in total. The zero-order chi connectivity index (χ0) is 13.2. The topological polar surface area (TPSA) is 81.4 Å². The smallest absolute Gasteiger partial charge is 0.241 e. The molecule has 0 aliphatic heterocycles. The minimum atomic E-state index is -3.40. The van der Waals surface area contributed by atoms with E-state index < -0.39 is 10.0 Å². The second-order valence-electron chi connectivity index (χ2n) is 4.32. The average Bonchev–Trinajstić information content (AvgIpc) is 2.75. The molecule has 0 amide bonds. The summed E-state index contributed by atoms with van der Waals surface area (Å²) in [7, 11) is -3.40. The summed E-state index contributed by atoms with van der Waals surface area (Å²) in [6, 6.07) is 1.62. The van der Waals surface area contributed by atoms with Crippen molar-refractivity contribution < 1.29 is 13.2 Å². The Morgan fingerprint density at radius 2 is 2.28 bits per heavy atom. The average molecular weight is 290 g/mol. The van der Waals surface area contributed by atoms with Gasteiger partial charge in [-0.3, -0.25) is 0 Å². The third-order valence-electron chi connectivity index (χ3n) is 2.96. The van der Waals surface area contributed by atoms with Gasteiger partial charge in [-0.15, -0.1) is 11.3 Å². The largest absolute Gasteiger partial charge is 0.378 e. The van der Waals surface area contributed by atoms with Gasteiger partial charge in [-0.25, -0.2) is 13.1 Å². The molecule has 1 fully saturated rings. The summed E-state index contributed by atoms with van der Waals surface area (Å²) in [6.07, 6.45) is 1.70. The van der Waals surface area contributed by atoms with Crippen LogP contribution in [0, 0.1) is 0 Å². The van der Waals surface area contributed by atoms with Crippen LogP contribution in [-0.2, 0) is 21.3 Å². The molecule has 1 heterocycles. The van der Waals surface area contributed by atoms with Crippen molar-refractivity contribution >= 4 is 21.4 Å². The van der Waals surface area contributed by atoms with E-state index in [-0.39, 0.29) is 12.1 Å². The van der Waals surface area contributed by atoms with E-state index in [1.165, 1.54) is 11.3 Å². The summed E-state index contributed by atoms with van der Waals surface area (Å²) in [6.45, 7) is 2.99. The molecule has 0 spiro atoms. The van der Waals surface area contributed by atoms with Crippen LogP contribution < -0.4 is 10.5 Å². The van der Waals surface area contributed by atoms with Gasteiger partial charge in [0, 0.05) is 29.5 Å². The lowest BCUT2D eigenvalue weighted by molar-refractivity contribution is -0.00475. The van der Waals surface area contributed by atoms with Crippen LogP contribution in [0.2, 0.25) is 0 Å². The van der Waals surface area contributed by atoms with Gasteiger partial charge in [0.2, 0.25) is 10.0 Å². The Balaban J connectivity index is 1.92. The van der Waals surface area contributed by atoms with Gasteiger partial charge in [0.05, 0.1) is 11.0 Å². The molecule has 0 aromatic carbocycles. The van der Waals surface area contributed by atoms with Gasteiger partial charge in [0.15, 0.2) is 0 Å². The van der Waals surface area contributed by atoms with Crippen molar-refractivity contribution in [3.05, 3.63) is 16.3 Å². The van der Waals surface area contributed by atoms with Crippen molar-refractivity contribution in [2.75, 3.05) is 6.61 Å². The predicted octanol–water partition coefficient (Wildman–Crippen LogP) is 1.05. The second kappa shape index (κ2) is 5.66. The number of nitrogens with one attached hydrogen (secondary N) is 1. The Morgan fingerprint density at radius 3 is 2.83 bits per heavy atom. The van der Waals surface area contributed by atoms with Crippen molar-refractivity contribution in [1.82, 2.24) is 4.72 Å². The second-order valence-corrected chi connectivity index (χ2v) is 7.03. The SMILES string of the molecule is CCOC1CC(NS(=O)(=O)c2csc(CN)c2)C1. The van der Waals surface area contributed by atoms with E-state index in [2.05, 4.69) is 4.72 Å². The summed E-state index contributed by atoms with van der Waals surface area (Å²) in [5.41, 5.74) is 5.48. The first-order valence-electron chi connectivity index (χ1n) is 5.96. The first-order chi connectivity index (χ1) is 8.55. The Kier molecular flexibility index (Phi) is 4.39. The van der Waals surface area contributed by atoms with Crippen molar-refractivity contribution in [2.24, 2.45) is 5.73 Å². The van der Waals surface area contributed by atoms with Crippen LogP contribution in [-0.4, -0.2) is 27.2 Å². The molecule has 1 aliphatic rings.